The summed E-state index contributed by atoms with van der Waals surface area (Å²) in [4.78, 5) is 39.3. The van der Waals surface area contributed by atoms with Crippen molar-refractivity contribution in [2.75, 3.05) is 20.2 Å². The van der Waals surface area contributed by atoms with Crippen molar-refractivity contribution in [1.82, 2.24) is 10.2 Å². The number of alkyl carbamates (subject to hydrolysis) is 1. The number of nitrogens with one attached hydrogen (secondary N) is 1. The summed E-state index contributed by atoms with van der Waals surface area (Å²) in [6, 6.07) is -0.138. The van der Waals surface area contributed by atoms with Crippen LogP contribution in [0, 0.1) is 23.2 Å². The quantitative estimate of drug-likeness (QED) is 0.251. The average molecular weight is 548 g/mol. The third-order valence-corrected chi connectivity index (χ3v) is 9.42. The Balaban J connectivity index is 1.35. The largest absolute Gasteiger partial charge is 0.469 e. The van der Waals surface area contributed by atoms with Gasteiger partial charge < -0.3 is 24.4 Å². The van der Waals surface area contributed by atoms with E-state index in [1.165, 1.54) is 7.11 Å². The minimum absolute atomic E-state index is 0.105. The summed E-state index contributed by atoms with van der Waals surface area (Å²) in [5.74, 6) is 0.808. The van der Waals surface area contributed by atoms with Crippen molar-refractivity contribution < 1.29 is 28.6 Å². The van der Waals surface area contributed by atoms with E-state index in [-0.39, 0.29) is 40.0 Å². The third-order valence-electron chi connectivity index (χ3n) is 7.31. The van der Waals surface area contributed by atoms with E-state index in [2.05, 4.69) is 27.9 Å². The van der Waals surface area contributed by atoms with Crippen molar-refractivity contribution in [1.29, 1.82) is 0 Å². The number of hydrogen-bond donors (Lipinski definition) is 1. The zero-order valence-corrected chi connectivity index (χ0v) is 20.8. The molecule has 7 unspecified atom stereocenters. The predicted molar refractivity (Wildman–Crippen MR) is 121 cm³/mol. The molecule has 4 saturated carbocycles. The highest BCUT2D eigenvalue weighted by Crippen LogP contribution is 2.63. The van der Waals surface area contributed by atoms with E-state index in [0.717, 1.165) is 25.7 Å². The lowest BCUT2D eigenvalue weighted by Crippen LogP contribution is -2.63. The summed E-state index contributed by atoms with van der Waals surface area (Å²) in [6.45, 7) is 6.42. The molecule has 0 spiro atoms. The van der Waals surface area contributed by atoms with Crippen molar-refractivity contribution in [3.8, 4) is 0 Å². The molecule has 0 aromatic heterocycles. The highest BCUT2D eigenvalue weighted by molar-refractivity contribution is 14.1. The van der Waals surface area contributed by atoms with Crippen LogP contribution in [0.5, 0.6) is 0 Å². The van der Waals surface area contributed by atoms with Gasteiger partial charge in [-0.1, -0.05) is 22.6 Å². The maximum absolute atomic E-state index is 12.9. The highest BCUT2D eigenvalue weighted by atomic mass is 127. The van der Waals surface area contributed by atoms with Gasteiger partial charge in [0.25, 0.3) is 0 Å². The molecule has 5 aliphatic rings. The topological polar surface area (TPSA) is 94.2 Å². The minimum atomic E-state index is -0.557. The molecule has 0 radical (unpaired) electrons. The fourth-order valence-electron chi connectivity index (χ4n) is 6.26. The predicted octanol–water partition coefficient (Wildman–Crippen LogP) is 3.50. The smallest absolute Gasteiger partial charge is 0.410 e. The molecule has 5 rings (SSSR count). The van der Waals surface area contributed by atoms with Gasteiger partial charge in [-0.05, 0) is 64.7 Å². The zero-order valence-electron chi connectivity index (χ0n) is 18.7. The number of esters is 1. The van der Waals surface area contributed by atoms with E-state index in [4.69, 9.17) is 14.2 Å². The Morgan fingerprint density at radius 2 is 1.90 bits per heavy atom. The molecular formula is C22H33IN2O6. The molecule has 5 fully saturated rings. The number of carbonyl (C=O) groups excluding carboxylic acids is 3. The van der Waals surface area contributed by atoms with Gasteiger partial charge in [-0.25, -0.2) is 9.59 Å². The minimum Gasteiger partial charge on any atom is -0.469 e. The van der Waals surface area contributed by atoms with Crippen molar-refractivity contribution in [3.63, 3.8) is 0 Å². The Bertz CT molecular complexity index is 755. The van der Waals surface area contributed by atoms with Crippen LogP contribution in [-0.4, -0.2) is 64.9 Å². The third kappa shape index (κ3) is 4.35. The van der Waals surface area contributed by atoms with Crippen molar-refractivity contribution in [3.05, 3.63) is 0 Å². The van der Waals surface area contributed by atoms with E-state index in [0.29, 0.717) is 25.4 Å². The Kier molecular flexibility index (Phi) is 6.11. The fraction of sp³-hybridized carbons (Fsp3) is 0.864. The van der Waals surface area contributed by atoms with Crippen molar-refractivity contribution >= 4 is 40.7 Å². The Labute approximate surface area is 197 Å². The van der Waals surface area contributed by atoms with Gasteiger partial charge >= 0.3 is 18.2 Å². The maximum Gasteiger partial charge on any atom is 0.410 e. The number of methoxy groups -OCH3 is 1. The summed E-state index contributed by atoms with van der Waals surface area (Å²) in [5, 5.41) is 2.84. The summed E-state index contributed by atoms with van der Waals surface area (Å²) >= 11 is 2.39. The van der Waals surface area contributed by atoms with Crippen molar-refractivity contribution in [2.24, 2.45) is 23.2 Å². The Morgan fingerprint density at radius 3 is 2.58 bits per heavy atom. The molecule has 4 aliphatic carbocycles. The van der Waals surface area contributed by atoms with Gasteiger partial charge in [0.15, 0.2) is 0 Å². The molecule has 8 nitrogen and oxygen atoms in total. The summed E-state index contributed by atoms with van der Waals surface area (Å²) < 4.78 is 16.7. The van der Waals surface area contributed by atoms with E-state index < -0.39 is 17.1 Å². The Morgan fingerprint density at radius 1 is 1.16 bits per heavy atom. The number of hydrogen-bond acceptors (Lipinski definition) is 6. The van der Waals surface area contributed by atoms with Crippen LogP contribution < -0.4 is 5.32 Å². The first-order valence-electron chi connectivity index (χ1n) is 11.2. The number of ether oxygens (including phenoxy) is 3. The number of nitrogens with zero attached hydrogens (tertiary/aromatic N) is 1. The molecule has 1 heterocycles. The van der Waals surface area contributed by atoms with Crippen LogP contribution in [0.3, 0.4) is 0 Å². The first kappa shape index (κ1) is 22.9. The van der Waals surface area contributed by atoms with Crippen LogP contribution in [-0.2, 0) is 19.0 Å². The van der Waals surface area contributed by atoms with Crippen LogP contribution in [0.1, 0.15) is 52.9 Å². The SMILES string of the molecule is COC(=O)C12CC3CC(C1)C(OC(=O)N1CCC(NC(=O)OC(C)(C)C)C1)C(C3)C2I. The number of rotatable bonds is 3. The Hall–Kier alpha value is -1.26. The second kappa shape index (κ2) is 8.26. The second-order valence-electron chi connectivity index (χ2n) is 10.6. The fourth-order valence-corrected chi connectivity index (χ4v) is 7.72. The lowest BCUT2D eigenvalue weighted by atomic mass is 9.48. The van der Waals surface area contributed by atoms with Gasteiger partial charge in [0, 0.05) is 22.9 Å². The van der Waals surface area contributed by atoms with E-state index in [1.807, 2.05) is 20.8 Å². The molecule has 1 aliphatic heterocycles. The van der Waals surface area contributed by atoms with Crippen LogP contribution >= 0.6 is 22.6 Å². The maximum atomic E-state index is 12.9. The molecule has 174 valence electrons. The van der Waals surface area contributed by atoms with Crippen LogP contribution in [0.4, 0.5) is 9.59 Å². The number of halogens is 1. The van der Waals surface area contributed by atoms with Gasteiger partial charge in [-0.3, -0.25) is 4.79 Å². The van der Waals surface area contributed by atoms with Gasteiger partial charge in [0.2, 0.25) is 0 Å². The van der Waals surface area contributed by atoms with Gasteiger partial charge in [0.1, 0.15) is 11.7 Å². The van der Waals surface area contributed by atoms with Gasteiger partial charge in [-0.2, -0.15) is 0 Å². The molecule has 0 aromatic carbocycles. The molecular weight excluding hydrogens is 515 g/mol. The molecule has 9 heteroatoms. The standard InChI is InChI=1S/C22H33IN2O6/c1-21(2,3)31-19(27)24-14-5-6-25(11-14)20(28)30-16-13-7-12-8-15(16)17(23)22(9-12,10-13)18(26)29-4/h12-17H,5-11H2,1-4H3,(H,24,27). The molecule has 4 bridgehead atoms. The normalized spacial score (nSPS) is 38.7. The lowest BCUT2D eigenvalue weighted by Gasteiger charge is -2.60. The van der Waals surface area contributed by atoms with Gasteiger partial charge in [-0.15, -0.1) is 0 Å². The van der Waals surface area contributed by atoms with E-state index in [1.54, 1.807) is 4.90 Å². The summed E-state index contributed by atoms with van der Waals surface area (Å²) in [6.07, 6.45) is 3.39. The number of amides is 2. The number of carbonyl (C=O) groups is 3. The first-order chi connectivity index (χ1) is 14.5. The molecule has 7 atom stereocenters. The van der Waals surface area contributed by atoms with Crippen LogP contribution in [0.15, 0.2) is 0 Å². The monoisotopic (exact) mass is 548 g/mol. The number of alkyl halides is 1. The lowest BCUT2D eigenvalue weighted by molar-refractivity contribution is -0.178. The average Bonchev–Trinajstić information content (AvgIpc) is 3.14. The zero-order chi connectivity index (χ0) is 22.6. The molecule has 1 N–H and O–H groups in total. The first-order valence-corrected chi connectivity index (χ1v) is 12.4. The van der Waals surface area contributed by atoms with E-state index >= 15 is 0 Å². The molecule has 2 amide bonds. The van der Waals surface area contributed by atoms with Gasteiger partial charge in [0.05, 0.1) is 18.6 Å². The van der Waals surface area contributed by atoms with Crippen LogP contribution in [0.25, 0.3) is 0 Å². The van der Waals surface area contributed by atoms with Crippen LogP contribution in [0.2, 0.25) is 0 Å². The van der Waals surface area contributed by atoms with Crippen molar-refractivity contribution in [2.45, 2.75) is 74.5 Å². The summed E-state index contributed by atoms with van der Waals surface area (Å²) in [5.41, 5.74) is -0.983. The number of likely N-dealkylation sites (tertiary alicyclic amines) is 1. The summed E-state index contributed by atoms with van der Waals surface area (Å²) in [7, 11) is 1.47. The second-order valence-corrected chi connectivity index (χ2v) is 12.0. The highest BCUT2D eigenvalue weighted by Gasteiger charge is 2.65. The molecule has 31 heavy (non-hydrogen) atoms. The van der Waals surface area contributed by atoms with E-state index in [9.17, 15) is 14.4 Å². The molecule has 1 saturated heterocycles. The molecule has 0 aromatic rings.